The fourth-order valence-corrected chi connectivity index (χ4v) is 4.15. The summed E-state index contributed by atoms with van der Waals surface area (Å²) in [6.07, 6.45) is -0.255. The van der Waals surface area contributed by atoms with Gasteiger partial charge in [0, 0.05) is 12.8 Å². The quantitative estimate of drug-likeness (QED) is 0.693. The van der Waals surface area contributed by atoms with Crippen molar-refractivity contribution in [3.05, 3.63) is 35.7 Å². The predicted molar refractivity (Wildman–Crippen MR) is 114 cm³/mol. The van der Waals surface area contributed by atoms with Crippen LogP contribution in [0.15, 0.2) is 34.4 Å². The van der Waals surface area contributed by atoms with Gasteiger partial charge in [-0.1, -0.05) is 49.5 Å². The number of benzene rings is 1. The lowest BCUT2D eigenvalue weighted by Gasteiger charge is -2.15. The first-order chi connectivity index (χ1) is 13.4. The maximum atomic E-state index is 12.0. The highest BCUT2D eigenvalue weighted by atomic mass is 32.2. The number of nitrogens with one attached hydrogen (secondary N) is 1. The molecule has 1 aliphatic heterocycles. The standard InChI is InChI=1S/C19H25N5O2S2/c1-12(2)14-5-7-15(8-6-14)26-13(3)17-22-23-19(24(17)4)28-11-16(25)21-18-20-9-10-27-18/h5-8,12-13H,9-11H2,1-4H3,(H,20,21,25). The lowest BCUT2D eigenvalue weighted by Crippen LogP contribution is -2.29. The lowest BCUT2D eigenvalue weighted by molar-refractivity contribution is -0.117. The number of hydrogen-bond donors (Lipinski definition) is 1. The summed E-state index contributed by atoms with van der Waals surface area (Å²) in [4.78, 5) is 16.3. The van der Waals surface area contributed by atoms with Crippen molar-refractivity contribution < 1.29 is 9.53 Å². The Kier molecular flexibility index (Phi) is 7.01. The summed E-state index contributed by atoms with van der Waals surface area (Å²) >= 11 is 2.91. The SMILES string of the molecule is CC(C)c1ccc(OC(C)c2nnc(SCC(=O)NC3=NCCS3)n2C)cc1. The van der Waals surface area contributed by atoms with Crippen LogP contribution in [0.2, 0.25) is 0 Å². The third kappa shape index (κ3) is 5.29. The molecule has 1 aliphatic rings. The smallest absolute Gasteiger partial charge is 0.236 e. The average molecular weight is 420 g/mol. The maximum absolute atomic E-state index is 12.0. The molecule has 7 nitrogen and oxygen atoms in total. The van der Waals surface area contributed by atoms with E-state index in [1.807, 2.05) is 30.7 Å². The fourth-order valence-electron chi connectivity index (χ4n) is 2.69. The highest BCUT2D eigenvalue weighted by molar-refractivity contribution is 8.14. The van der Waals surface area contributed by atoms with E-state index in [1.54, 1.807) is 11.8 Å². The third-order valence-corrected chi connectivity index (χ3v) is 6.17. The Morgan fingerprint density at radius 3 is 2.68 bits per heavy atom. The van der Waals surface area contributed by atoms with E-state index < -0.39 is 0 Å². The Balaban J connectivity index is 1.56. The number of nitrogens with zero attached hydrogens (tertiary/aromatic N) is 4. The minimum absolute atomic E-state index is 0.0859. The Morgan fingerprint density at radius 2 is 2.04 bits per heavy atom. The van der Waals surface area contributed by atoms with Crippen LogP contribution < -0.4 is 10.1 Å². The number of thioether (sulfide) groups is 2. The van der Waals surface area contributed by atoms with E-state index in [4.69, 9.17) is 4.74 Å². The number of aliphatic imine (C=N–C) groups is 1. The van der Waals surface area contributed by atoms with E-state index in [9.17, 15) is 4.79 Å². The zero-order chi connectivity index (χ0) is 20.1. The van der Waals surface area contributed by atoms with Gasteiger partial charge in [0.25, 0.3) is 0 Å². The van der Waals surface area contributed by atoms with E-state index in [1.165, 1.54) is 17.3 Å². The predicted octanol–water partition coefficient (Wildman–Crippen LogP) is 3.39. The Morgan fingerprint density at radius 1 is 1.29 bits per heavy atom. The molecule has 150 valence electrons. The molecule has 0 fully saturated rings. The Bertz CT molecular complexity index is 849. The van der Waals surface area contributed by atoms with Crippen LogP contribution in [0.5, 0.6) is 5.75 Å². The van der Waals surface area contributed by atoms with E-state index >= 15 is 0 Å². The van der Waals surface area contributed by atoms with Gasteiger partial charge in [-0.15, -0.1) is 10.2 Å². The van der Waals surface area contributed by atoms with Crippen molar-refractivity contribution in [3.8, 4) is 5.75 Å². The van der Waals surface area contributed by atoms with Crippen LogP contribution in [0.1, 0.15) is 44.2 Å². The summed E-state index contributed by atoms with van der Waals surface area (Å²) in [5.74, 6) is 3.10. The van der Waals surface area contributed by atoms with Crippen molar-refractivity contribution in [2.75, 3.05) is 18.1 Å². The van der Waals surface area contributed by atoms with Gasteiger partial charge in [-0.25, -0.2) is 0 Å². The molecule has 1 aromatic carbocycles. The largest absolute Gasteiger partial charge is 0.483 e. The Labute approximate surface area is 173 Å². The van der Waals surface area contributed by atoms with Crippen LogP contribution in [0, 0.1) is 0 Å². The molecule has 9 heteroatoms. The highest BCUT2D eigenvalue weighted by Gasteiger charge is 2.19. The second-order valence-electron chi connectivity index (χ2n) is 6.76. The van der Waals surface area contributed by atoms with Crippen molar-refractivity contribution in [2.24, 2.45) is 12.0 Å². The van der Waals surface area contributed by atoms with Crippen molar-refractivity contribution in [1.82, 2.24) is 20.1 Å². The van der Waals surface area contributed by atoms with Gasteiger partial charge in [0.1, 0.15) is 5.75 Å². The molecule has 1 amide bonds. The molecule has 1 unspecified atom stereocenters. The van der Waals surface area contributed by atoms with Crippen LogP contribution in [0.25, 0.3) is 0 Å². The molecule has 2 heterocycles. The summed E-state index contributed by atoms with van der Waals surface area (Å²) in [5, 5.41) is 12.6. The molecular weight excluding hydrogens is 394 g/mol. The number of carbonyl (C=O) groups excluding carboxylic acids is 1. The van der Waals surface area contributed by atoms with E-state index in [2.05, 4.69) is 46.5 Å². The fraction of sp³-hybridized carbons (Fsp3) is 0.474. The summed E-state index contributed by atoms with van der Waals surface area (Å²) in [6.45, 7) is 7.03. The molecule has 3 rings (SSSR count). The summed E-state index contributed by atoms with van der Waals surface area (Å²) < 4.78 is 7.88. The number of rotatable bonds is 7. The van der Waals surface area contributed by atoms with E-state index in [-0.39, 0.29) is 17.8 Å². The monoisotopic (exact) mass is 419 g/mol. The molecule has 0 bridgehead atoms. The molecule has 1 N–H and O–H groups in total. The molecule has 0 radical (unpaired) electrons. The number of aromatic nitrogens is 3. The summed E-state index contributed by atoms with van der Waals surface area (Å²) in [6, 6.07) is 8.12. The maximum Gasteiger partial charge on any atom is 0.236 e. The Hall–Kier alpha value is -2.00. The van der Waals surface area contributed by atoms with Gasteiger partial charge in [0.15, 0.2) is 22.3 Å². The van der Waals surface area contributed by atoms with Crippen LogP contribution in [-0.4, -0.2) is 43.9 Å². The topological polar surface area (TPSA) is 81.4 Å². The van der Waals surface area contributed by atoms with Crippen LogP contribution in [-0.2, 0) is 11.8 Å². The molecule has 28 heavy (non-hydrogen) atoms. The number of ether oxygens (including phenoxy) is 1. The van der Waals surface area contributed by atoms with Crippen molar-refractivity contribution in [2.45, 2.75) is 37.9 Å². The second-order valence-corrected chi connectivity index (χ2v) is 8.78. The number of hydrogen-bond acceptors (Lipinski definition) is 7. The number of amides is 1. The minimum atomic E-state index is -0.255. The summed E-state index contributed by atoms with van der Waals surface area (Å²) in [7, 11) is 1.88. The van der Waals surface area contributed by atoms with Gasteiger partial charge in [-0.05, 0) is 30.5 Å². The zero-order valence-electron chi connectivity index (χ0n) is 16.5. The van der Waals surface area contributed by atoms with Gasteiger partial charge < -0.3 is 14.6 Å². The van der Waals surface area contributed by atoms with E-state index in [0.29, 0.717) is 22.1 Å². The molecule has 0 aliphatic carbocycles. The number of amidine groups is 1. The molecule has 0 spiro atoms. The molecule has 1 atom stereocenters. The van der Waals surface area contributed by atoms with Gasteiger partial charge >= 0.3 is 0 Å². The minimum Gasteiger partial charge on any atom is -0.483 e. The van der Waals surface area contributed by atoms with Crippen LogP contribution >= 0.6 is 23.5 Å². The number of carbonyl (C=O) groups is 1. The van der Waals surface area contributed by atoms with Gasteiger partial charge in [0.05, 0.1) is 12.3 Å². The summed E-state index contributed by atoms with van der Waals surface area (Å²) in [5.41, 5.74) is 1.28. The van der Waals surface area contributed by atoms with E-state index in [0.717, 1.165) is 18.0 Å². The average Bonchev–Trinajstić information content (AvgIpc) is 3.30. The molecule has 1 aromatic heterocycles. The highest BCUT2D eigenvalue weighted by Crippen LogP contribution is 2.25. The van der Waals surface area contributed by atoms with Crippen molar-refractivity contribution in [3.63, 3.8) is 0 Å². The molecule has 0 saturated heterocycles. The molecule has 0 saturated carbocycles. The first kappa shape index (κ1) is 20.7. The second kappa shape index (κ2) is 9.47. The van der Waals surface area contributed by atoms with Crippen LogP contribution in [0.4, 0.5) is 0 Å². The zero-order valence-corrected chi connectivity index (χ0v) is 18.1. The first-order valence-corrected chi connectivity index (χ1v) is 11.2. The lowest BCUT2D eigenvalue weighted by atomic mass is 10.0. The molecule has 2 aromatic rings. The van der Waals surface area contributed by atoms with Crippen molar-refractivity contribution in [1.29, 1.82) is 0 Å². The van der Waals surface area contributed by atoms with Crippen LogP contribution in [0.3, 0.4) is 0 Å². The first-order valence-electron chi connectivity index (χ1n) is 9.20. The van der Waals surface area contributed by atoms with Gasteiger partial charge in [-0.2, -0.15) is 0 Å². The van der Waals surface area contributed by atoms with Gasteiger partial charge in [0.2, 0.25) is 5.91 Å². The van der Waals surface area contributed by atoms with Gasteiger partial charge in [-0.3, -0.25) is 9.79 Å². The molecular formula is C19H25N5O2S2. The van der Waals surface area contributed by atoms with Crippen molar-refractivity contribution >= 4 is 34.6 Å². The third-order valence-electron chi connectivity index (χ3n) is 4.26. The normalized spacial score (nSPS) is 14.8.